The van der Waals surface area contributed by atoms with Crippen LogP contribution in [0.15, 0.2) is 30.3 Å². The molecule has 1 amide bonds. The Morgan fingerprint density at radius 3 is 2.29 bits per heavy atom. The number of benzene rings is 1. The van der Waals surface area contributed by atoms with E-state index in [0.717, 1.165) is 10.5 Å². The third-order valence-electron chi connectivity index (χ3n) is 3.14. The van der Waals surface area contributed by atoms with E-state index in [1.807, 2.05) is 30.3 Å². The summed E-state index contributed by atoms with van der Waals surface area (Å²) in [4.78, 5) is 25.5. The number of nitrogens with zero attached hydrogens (tertiary/aromatic N) is 1. The number of thiocarbonyl (C=S) groups is 1. The highest BCUT2D eigenvalue weighted by Gasteiger charge is 2.30. The number of rotatable bonds is 5. The van der Waals surface area contributed by atoms with Gasteiger partial charge < -0.3 is 15.2 Å². The monoisotopic (exact) mass is 352 g/mol. The quantitative estimate of drug-likeness (QED) is 0.648. The van der Waals surface area contributed by atoms with Gasteiger partial charge >= 0.3 is 12.1 Å². The molecule has 1 atom stereocenters. The van der Waals surface area contributed by atoms with Crippen LogP contribution in [0.3, 0.4) is 0 Å². The average Bonchev–Trinajstić information content (AvgIpc) is 2.49. The molecule has 0 radical (unpaired) electrons. The zero-order valence-electron chi connectivity index (χ0n) is 14.4. The van der Waals surface area contributed by atoms with Crippen molar-refractivity contribution in [3.05, 3.63) is 35.9 Å². The van der Waals surface area contributed by atoms with Crippen molar-refractivity contribution in [2.24, 2.45) is 11.7 Å². The predicted octanol–water partition coefficient (Wildman–Crippen LogP) is 2.50. The molecule has 1 aromatic carbocycles. The molecule has 0 saturated carbocycles. The van der Waals surface area contributed by atoms with E-state index in [4.69, 9.17) is 27.4 Å². The van der Waals surface area contributed by atoms with E-state index >= 15 is 0 Å². The summed E-state index contributed by atoms with van der Waals surface area (Å²) in [7, 11) is 1.30. The predicted molar refractivity (Wildman–Crippen MR) is 95.4 cm³/mol. The zero-order valence-corrected chi connectivity index (χ0v) is 15.3. The number of methoxy groups -OCH3 is 1. The van der Waals surface area contributed by atoms with Crippen molar-refractivity contribution in [1.29, 1.82) is 0 Å². The van der Waals surface area contributed by atoms with E-state index in [9.17, 15) is 9.59 Å². The Hall–Kier alpha value is -2.15. The van der Waals surface area contributed by atoms with Crippen LogP contribution in [0, 0.1) is 5.92 Å². The summed E-state index contributed by atoms with van der Waals surface area (Å²) >= 11 is 4.94. The Labute approximate surface area is 147 Å². The van der Waals surface area contributed by atoms with Crippen molar-refractivity contribution in [3.8, 4) is 0 Å². The molecule has 6 nitrogen and oxygen atoms in total. The SMILES string of the molecule is COC(=O)C(Cc1ccccc1)CN(C(=O)OC(C)(C)C)C(N)=S. The summed E-state index contributed by atoms with van der Waals surface area (Å²) < 4.78 is 10.1. The van der Waals surface area contributed by atoms with E-state index < -0.39 is 23.6 Å². The van der Waals surface area contributed by atoms with Crippen molar-refractivity contribution in [1.82, 2.24) is 4.90 Å². The minimum atomic E-state index is -0.694. The Morgan fingerprint density at radius 1 is 1.25 bits per heavy atom. The first-order valence-electron chi connectivity index (χ1n) is 7.55. The summed E-state index contributed by atoms with van der Waals surface area (Å²) in [6, 6.07) is 9.44. The second kappa shape index (κ2) is 8.63. The third-order valence-corrected chi connectivity index (χ3v) is 3.36. The van der Waals surface area contributed by atoms with Crippen LogP contribution in [-0.2, 0) is 20.7 Å². The van der Waals surface area contributed by atoms with E-state index in [0.29, 0.717) is 6.42 Å². The first kappa shape index (κ1) is 19.9. The van der Waals surface area contributed by atoms with Crippen LogP contribution in [0.1, 0.15) is 26.3 Å². The molecule has 1 unspecified atom stereocenters. The van der Waals surface area contributed by atoms with Gasteiger partial charge in [0.25, 0.3) is 0 Å². The van der Waals surface area contributed by atoms with Crippen molar-refractivity contribution in [2.75, 3.05) is 13.7 Å². The average molecular weight is 352 g/mol. The summed E-state index contributed by atoms with van der Waals surface area (Å²) in [5.74, 6) is -1.05. The number of carbonyl (C=O) groups is 2. The maximum Gasteiger partial charge on any atom is 0.416 e. The van der Waals surface area contributed by atoms with Gasteiger partial charge in [0.1, 0.15) is 5.60 Å². The first-order valence-corrected chi connectivity index (χ1v) is 7.96. The lowest BCUT2D eigenvalue weighted by Crippen LogP contribution is -2.47. The summed E-state index contributed by atoms with van der Waals surface area (Å²) in [6.45, 7) is 5.21. The van der Waals surface area contributed by atoms with E-state index in [-0.39, 0.29) is 11.7 Å². The van der Waals surface area contributed by atoms with Crippen molar-refractivity contribution in [3.63, 3.8) is 0 Å². The van der Waals surface area contributed by atoms with Crippen LogP contribution >= 0.6 is 12.2 Å². The maximum atomic E-state index is 12.3. The standard InChI is InChI=1S/C17H24N2O4S/c1-17(2,3)23-16(21)19(15(18)24)11-13(14(20)22-4)10-12-8-6-5-7-9-12/h5-9,13H,10-11H2,1-4H3,(H2,18,24). The Balaban J connectivity index is 2.94. The maximum absolute atomic E-state index is 12.3. The molecule has 2 N–H and O–H groups in total. The molecular weight excluding hydrogens is 328 g/mol. The number of hydrogen-bond acceptors (Lipinski definition) is 5. The van der Waals surface area contributed by atoms with Crippen LogP contribution in [-0.4, -0.2) is 41.3 Å². The van der Waals surface area contributed by atoms with Gasteiger partial charge in [0.2, 0.25) is 0 Å². The van der Waals surface area contributed by atoms with Gasteiger partial charge in [0.15, 0.2) is 5.11 Å². The Morgan fingerprint density at radius 2 is 1.83 bits per heavy atom. The largest absolute Gasteiger partial charge is 0.469 e. The number of esters is 1. The molecule has 7 heteroatoms. The highest BCUT2D eigenvalue weighted by molar-refractivity contribution is 7.80. The van der Waals surface area contributed by atoms with Crippen LogP contribution in [0.4, 0.5) is 4.79 Å². The molecule has 0 aromatic heterocycles. The summed E-state index contributed by atoms with van der Waals surface area (Å²) in [5.41, 5.74) is 5.89. The molecule has 0 saturated heterocycles. The van der Waals surface area contributed by atoms with Gasteiger partial charge in [-0.2, -0.15) is 0 Å². The summed E-state index contributed by atoms with van der Waals surface area (Å²) in [5, 5.41) is -0.147. The topological polar surface area (TPSA) is 81.9 Å². The van der Waals surface area contributed by atoms with Gasteiger partial charge in [0.05, 0.1) is 13.0 Å². The van der Waals surface area contributed by atoms with E-state index in [2.05, 4.69) is 0 Å². The molecule has 0 fully saturated rings. The minimum Gasteiger partial charge on any atom is -0.469 e. The van der Waals surface area contributed by atoms with E-state index in [1.165, 1.54) is 7.11 Å². The van der Waals surface area contributed by atoms with Crippen molar-refractivity contribution >= 4 is 29.4 Å². The Kier molecular flexibility index (Phi) is 7.16. The fourth-order valence-corrected chi connectivity index (χ4v) is 2.23. The molecule has 0 bridgehead atoms. The fraction of sp³-hybridized carbons (Fsp3) is 0.471. The number of hydrogen-bond donors (Lipinski definition) is 1. The van der Waals surface area contributed by atoms with Crippen LogP contribution in [0.25, 0.3) is 0 Å². The van der Waals surface area contributed by atoms with Crippen molar-refractivity contribution in [2.45, 2.75) is 32.8 Å². The van der Waals surface area contributed by atoms with Crippen molar-refractivity contribution < 1.29 is 19.1 Å². The number of ether oxygens (including phenoxy) is 2. The van der Waals surface area contributed by atoms with Gasteiger partial charge in [-0.25, -0.2) is 4.79 Å². The lowest BCUT2D eigenvalue weighted by molar-refractivity contribution is -0.145. The molecule has 0 aliphatic carbocycles. The van der Waals surface area contributed by atoms with Crippen LogP contribution < -0.4 is 5.73 Å². The highest BCUT2D eigenvalue weighted by atomic mass is 32.1. The Bertz CT molecular complexity index is 584. The van der Waals surface area contributed by atoms with Crippen LogP contribution in [0.2, 0.25) is 0 Å². The fourth-order valence-electron chi connectivity index (χ4n) is 2.08. The first-order chi connectivity index (χ1) is 11.1. The second-order valence-electron chi connectivity index (χ2n) is 6.34. The molecule has 0 aliphatic heterocycles. The second-order valence-corrected chi connectivity index (χ2v) is 6.76. The van der Waals surface area contributed by atoms with Gasteiger partial charge in [-0.3, -0.25) is 9.69 Å². The van der Waals surface area contributed by atoms with E-state index in [1.54, 1.807) is 20.8 Å². The summed E-state index contributed by atoms with van der Waals surface area (Å²) in [6.07, 6.45) is -0.285. The molecule has 0 aliphatic rings. The molecule has 0 spiro atoms. The van der Waals surface area contributed by atoms with Gasteiger partial charge in [-0.05, 0) is 45.0 Å². The number of amides is 1. The zero-order chi connectivity index (χ0) is 18.3. The normalized spacial score (nSPS) is 12.2. The molecule has 132 valence electrons. The molecule has 0 heterocycles. The van der Waals surface area contributed by atoms with Gasteiger partial charge in [0, 0.05) is 6.54 Å². The molecule has 1 rings (SSSR count). The molecule has 1 aromatic rings. The minimum absolute atomic E-state index is 0.00812. The molecule has 24 heavy (non-hydrogen) atoms. The lowest BCUT2D eigenvalue weighted by Gasteiger charge is -2.28. The van der Waals surface area contributed by atoms with Gasteiger partial charge in [-0.1, -0.05) is 30.3 Å². The number of carbonyl (C=O) groups excluding carboxylic acids is 2. The third kappa shape index (κ3) is 6.54. The molecular formula is C17H24N2O4S. The highest BCUT2D eigenvalue weighted by Crippen LogP contribution is 2.15. The van der Waals surface area contributed by atoms with Gasteiger partial charge in [-0.15, -0.1) is 0 Å². The van der Waals surface area contributed by atoms with Crippen LogP contribution in [0.5, 0.6) is 0 Å². The smallest absolute Gasteiger partial charge is 0.416 e. The number of nitrogens with two attached hydrogens (primary N) is 1. The lowest BCUT2D eigenvalue weighted by atomic mass is 9.99.